The molecule has 2 aromatic heterocycles. The van der Waals surface area contributed by atoms with Crippen LogP contribution in [0.25, 0.3) is 10.4 Å². The Morgan fingerprint density at radius 2 is 1.60 bits per heavy atom. The molecule has 2 aliphatic heterocycles. The zero-order valence-corrected chi connectivity index (χ0v) is 47.0. The highest BCUT2D eigenvalue weighted by Crippen LogP contribution is 2.37. The number of halogens is 1. The number of nitrogens with one attached hydrogen (secondary N) is 4. The molecule has 4 atom stereocenters. The average molecular weight is 1140 g/mol. The van der Waals surface area contributed by atoms with Crippen LogP contribution in [0.5, 0.6) is 5.75 Å². The molecule has 5 amide bonds. The number of anilines is 4. The van der Waals surface area contributed by atoms with Crippen molar-refractivity contribution in [2.24, 2.45) is 5.41 Å². The number of thiazole rings is 1. The van der Waals surface area contributed by atoms with Crippen molar-refractivity contribution in [2.45, 2.75) is 91.2 Å². The third kappa shape index (κ3) is 15.3. The van der Waals surface area contributed by atoms with Crippen LogP contribution in [-0.4, -0.2) is 146 Å². The highest BCUT2D eigenvalue weighted by atomic mass is 79.9. The third-order valence-corrected chi connectivity index (χ3v) is 14.7. The standard InChI is InChI=1S/C55H69BrN10O10S/c1-8-42-52(71)64(6)44-30-59-54(63-49(44)65(42)31-36-11-16-39(56)17-12-36)61-41-18-15-38(27-45(41)73-7)50(69)57-20-22-75-24-26-76-25-23-74-21-19-46(68)62-48(55(3,4)5)53(72)66-32-40(67)28-43(66)51(70)58-29-35-9-13-37(14-10-35)47-34(2)60-33-77-47/h9-18,27,30,33,40,42-43,48,67H,8,19-26,28-29,31-32H2,1-7H3,(H,57,69)(H,58,70)(H,62,68)(H,59,61,63)/t40-,42-,43+,48?/m1/s1. The lowest BCUT2D eigenvalue weighted by molar-refractivity contribution is -0.144. The summed E-state index contributed by atoms with van der Waals surface area (Å²) in [6, 6.07) is 18.6. The number of fused-ring (bicyclic) bond motifs is 1. The highest BCUT2D eigenvalue weighted by Gasteiger charge is 2.44. The molecule has 1 saturated heterocycles. The molecule has 0 saturated carbocycles. The van der Waals surface area contributed by atoms with Gasteiger partial charge in [0.05, 0.1) is 80.8 Å². The van der Waals surface area contributed by atoms with E-state index in [0.29, 0.717) is 47.4 Å². The van der Waals surface area contributed by atoms with Gasteiger partial charge in [-0.2, -0.15) is 4.98 Å². The molecule has 22 heteroatoms. The molecule has 1 unspecified atom stereocenters. The minimum atomic E-state index is -0.953. The van der Waals surface area contributed by atoms with Crippen LogP contribution in [0.1, 0.15) is 74.1 Å². The monoisotopic (exact) mass is 1140 g/mol. The van der Waals surface area contributed by atoms with Crippen molar-refractivity contribution in [3.63, 3.8) is 0 Å². The molecule has 412 valence electrons. The summed E-state index contributed by atoms with van der Waals surface area (Å²) in [6.07, 6.45) is 1.43. The van der Waals surface area contributed by atoms with Crippen LogP contribution in [0, 0.1) is 12.3 Å². The molecule has 20 nitrogen and oxygen atoms in total. The van der Waals surface area contributed by atoms with Gasteiger partial charge in [0.25, 0.3) is 5.91 Å². The zero-order valence-electron chi connectivity index (χ0n) is 44.6. The van der Waals surface area contributed by atoms with Crippen LogP contribution >= 0.6 is 27.3 Å². The maximum atomic E-state index is 14.0. The Morgan fingerprint density at radius 3 is 2.26 bits per heavy atom. The van der Waals surface area contributed by atoms with Crippen LogP contribution < -0.4 is 35.8 Å². The van der Waals surface area contributed by atoms with Crippen LogP contribution in [0.2, 0.25) is 0 Å². The van der Waals surface area contributed by atoms with Gasteiger partial charge in [-0.25, -0.2) is 9.97 Å². The quantitative estimate of drug-likeness (QED) is 0.0411. The van der Waals surface area contributed by atoms with E-state index in [-0.39, 0.29) is 95.7 Å². The minimum absolute atomic E-state index is 0.00322. The van der Waals surface area contributed by atoms with E-state index in [4.69, 9.17) is 23.9 Å². The maximum Gasteiger partial charge on any atom is 0.251 e. The fourth-order valence-electron chi connectivity index (χ4n) is 8.98. The first-order valence-electron chi connectivity index (χ1n) is 25.6. The van der Waals surface area contributed by atoms with E-state index in [0.717, 1.165) is 31.7 Å². The Labute approximate surface area is 461 Å². The predicted octanol–water partition coefficient (Wildman–Crippen LogP) is 6.16. The number of nitrogens with zero attached hydrogens (tertiary/aromatic N) is 6. The summed E-state index contributed by atoms with van der Waals surface area (Å²) < 4.78 is 23.5. The fourth-order valence-corrected chi connectivity index (χ4v) is 10.1. The largest absolute Gasteiger partial charge is 0.495 e. The van der Waals surface area contributed by atoms with Gasteiger partial charge in [0, 0.05) is 56.1 Å². The Hall–Kier alpha value is -6.56. The Balaban J connectivity index is 0.774. The first-order valence-corrected chi connectivity index (χ1v) is 27.3. The molecule has 7 rings (SSSR count). The van der Waals surface area contributed by atoms with Gasteiger partial charge in [-0.1, -0.05) is 80.0 Å². The number of hydrogen-bond donors (Lipinski definition) is 5. The van der Waals surface area contributed by atoms with Crippen LogP contribution in [0.3, 0.4) is 0 Å². The Morgan fingerprint density at radius 1 is 0.909 bits per heavy atom. The molecule has 77 heavy (non-hydrogen) atoms. The number of benzene rings is 3. The van der Waals surface area contributed by atoms with E-state index in [2.05, 4.69) is 47.2 Å². The molecule has 5 aromatic rings. The maximum absolute atomic E-state index is 14.0. The van der Waals surface area contributed by atoms with E-state index in [1.165, 1.54) is 12.0 Å². The molecule has 0 radical (unpaired) electrons. The second-order valence-electron chi connectivity index (χ2n) is 19.8. The van der Waals surface area contributed by atoms with E-state index < -0.39 is 35.6 Å². The summed E-state index contributed by atoms with van der Waals surface area (Å²) in [5.74, 6) is -0.230. The van der Waals surface area contributed by atoms with E-state index in [1.807, 2.05) is 93.6 Å². The normalized spacial score (nSPS) is 16.7. The SMILES string of the molecule is CC[C@@H]1C(=O)N(C)c2cnc(Nc3ccc(C(=O)NCCOCCOCCOCCC(=O)NC(C(=O)N4C[C@H](O)C[C@H]4C(=O)NCc4ccc(-c5scnc5C)cc4)C(C)(C)C)cc3OC)nc2N1Cc1ccc(Br)cc1. The number of methoxy groups -OCH3 is 1. The Bertz CT molecular complexity index is 2830. The molecule has 5 N–H and O–H groups in total. The van der Waals surface area contributed by atoms with Gasteiger partial charge in [0.15, 0.2) is 5.82 Å². The number of aromatic nitrogens is 3. The molecule has 2 aliphatic rings. The number of aryl methyl sites for hydroxylation is 1. The lowest BCUT2D eigenvalue weighted by atomic mass is 9.85. The van der Waals surface area contributed by atoms with Gasteiger partial charge in [-0.15, -0.1) is 11.3 Å². The molecular weight excluding hydrogens is 1070 g/mol. The van der Waals surface area contributed by atoms with Crippen molar-refractivity contribution in [1.29, 1.82) is 0 Å². The molecule has 0 aliphatic carbocycles. The predicted molar refractivity (Wildman–Crippen MR) is 297 cm³/mol. The summed E-state index contributed by atoms with van der Waals surface area (Å²) in [5, 5.41) is 22.4. The number of aliphatic hydroxyl groups is 1. The number of likely N-dealkylation sites (N-methyl/N-ethyl adjacent to an activating group) is 1. The molecular formula is C55H69BrN10O10S. The van der Waals surface area contributed by atoms with Crippen LogP contribution in [0.4, 0.5) is 23.1 Å². The first-order chi connectivity index (χ1) is 36.9. The second-order valence-corrected chi connectivity index (χ2v) is 21.6. The van der Waals surface area contributed by atoms with Crippen LogP contribution in [0.15, 0.2) is 82.9 Å². The number of β-amino-alcohol motifs (C(OH)–C–C–N with tert-alkyl or cyclic N) is 1. The molecule has 4 heterocycles. The number of ether oxygens (including phenoxy) is 4. The van der Waals surface area contributed by atoms with Crippen molar-refractivity contribution in [2.75, 3.05) is 82.0 Å². The smallest absolute Gasteiger partial charge is 0.251 e. The van der Waals surface area contributed by atoms with Gasteiger partial charge >= 0.3 is 0 Å². The summed E-state index contributed by atoms with van der Waals surface area (Å²) in [5.41, 5.74) is 6.55. The number of amides is 5. The van der Waals surface area contributed by atoms with Gasteiger partial charge in [0.2, 0.25) is 29.6 Å². The summed E-state index contributed by atoms with van der Waals surface area (Å²) in [6.45, 7) is 11.8. The van der Waals surface area contributed by atoms with Crippen molar-refractivity contribution in [1.82, 2.24) is 35.8 Å². The first kappa shape index (κ1) is 58.1. The van der Waals surface area contributed by atoms with Crippen molar-refractivity contribution in [3.8, 4) is 16.2 Å². The topological polar surface area (TPSA) is 239 Å². The second kappa shape index (κ2) is 27.2. The number of aliphatic hydroxyl groups excluding tert-OH is 1. The Kier molecular flexibility index (Phi) is 20.5. The molecule has 0 spiro atoms. The zero-order chi connectivity index (χ0) is 55.2. The summed E-state index contributed by atoms with van der Waals surface area (Å²) in [4.78, 5) is 86.7. The van der Waals surface area contributed by atoms with E-state index in [9.17, 15) is 29.1 Å². The lowest BCUT2D eigenvalue weighted by Crippen LogP contribution is -2.57. The highest BCUT2D eigenvalue weighted by molar-refractivity contribution is 9.10. The average Bonchev–Trinajstić information content (AvgIpc) is 4.05. The molecule has 1 fully saturated rings. The van der Waals surface area contributed by atoms with E-state index >= 15 is 0 Å². The number of hydrogen-bond acceptors (Lipinski definition) is 16. The van der Waals surface area contributed by atoms with E-state index in [1.54, 1.807) is 47.7 Å². The number of likely N-dealkylation sites (tertiary alicyclic amines) is 1. The van der Waals surface area contributed by atoms with Crippen molar-refractivity contribution in [3.05, 3.63) is 105 Å². The molecule has 0 bridgehead atoms. The van der Waals surface area contributed by atoms with Crippen molar-refractivity contribution >= 4 is 79.9 Å². The van der Waals surface area contributed by atoms with Crippen molar-refractivity contribution < 1.29 is 48.0 Å². The van der Waals surface area contributed by atoms with Gasteiger partial charge in [-0.05, 0) is 65.8 Å². The van der Waals surface area contributed by atoms with Crippen LogP contribution in [-0.2, 0) is 46.5 Å². The molecule has 3 aromatic carbocycles. The fraction of sp³-hybridized carbons (Fsp3) is 0.455. The minimum Gasteiger partial charge on any atom is -0.495 e. The van der Waals surface area contributed by atoms with Gasteiger partial charge in [0.1, 0.15) is 29.6 Å². The van der Waals surface area contributed by atoms with Gasteiger partial charge < -0.3 is 60.0 Å². The number of rotatable bonds is 25. The lowest BCUT2D eigenvalue weighted by Gasteiger charge is -2.40. The number of carbonyl (C=O) groups is 5. The summed E-state index contributed by atoms with van der Waals surface area (Å²) >= 11 is 5.06. The summed E-state index contributed by atoms with van der Waals surface area (Å²) in [7, 11) is 3.24. The third-order valence-electron chi connectivity index (χ3n) is 13.2. The van der Waals surface area contributed by atoms with Gasteiger partial charge in [-0.3, -0.25) is 24.0 Å². The number of carbonyl (C=O) groups excluding carboxylic acids is 5.